The molecule has 14 heavy (non-hydrogen) atoms. The van der Waals surface area contributed by atoms with Crippen LogP contribution in [0.1, 0.15) is 5.69 Å². The zero-order valence-electron chi connectivity index (χ0n) is 8.09. The van der Waals surface area contributed by atoms with Crippen LogP contribution in [0.3, 0.4) is 0 Å². The number of halogens is 1. The van der Waals surface area contributed by atoms with Gasteiger partial charge in [-0.2, -0.15) is 0 Å². The zero-order chi connectivity index (χ0) is 10.0. The lowest BCUT2D eigenvalue weighted by Crippen LogP contribution is -2.59. The number of rotatable bonds is 3. The van der Waals surface area contributed by atoms with E-state index < -0.39 is 5.67 Å². The molecule has 1 aromatic heterocycles. The number of alkyl halides is 1. The van der Waals surface area contributed by atoms with E-state index in [2.05, 4.69) is 10.3 Å². The Balaban J connectivity index is 1.88. The molecular formula is C10H13FN2O. The molecule has 4 heteroatoms. The first-order valence-corrected chi connectivity index (χ1v) is 4.63. The van der Waals surface area contributed by atoms with Crippen LogP contribution >= 0.6 is 0 Å². The first-order valence-electron chi connectivity index (χ1n) is 4.63. The minimum Gasteiger partial charge on any atom is -0.489 e. The fourth-order valence-corrected chi connectivity index (χ4v) is 1.25. The summed E-state index contributed by atoms with van der Waals surface area (Å²) < 4.78 is 18.8. The number of nitrogens with one attached hydrogen (secondary N) is 1. The highest BCUT2D eigenvalue weighted by molar-refractivity contribution is 5.19. The molecule has 1 aliphatic heterocycles. The summed E-state index contributed by atoms with van der Waals surface area (Å²) in [7, 11) is 0. The minimum atomic E-state index is -1.19. The fraction of sp³-hybridized carbons (Fsp3) is 0.500. The monoisotopic (exact) mass is 196 g/mol. The molecule has 0 radical (unpaired) electrons. The van der Waals surface area contributed by atoms with Crippen LogP contribution in [-0.4, -0.2) is 30.3 Å². The average molecular weight is 196 g/mol. The Morgan fingerprint density at radius 2 is 2.36 bits per heavy atom. The van der Waals surface area contributed by atoms with Crippen molar-refractivity contribution < 1.29 is 9.13 Å². The van der Waals surface area contributed by atoms with E-state index in [1.165, 1.54) is 0 Å². The lowest BCUT2D eigenvalue weighted by atomic mass is 10.0. The van der Waals surface area contributed by atoms with E-state index in [-0.39, 0.29) is 6.61 Å². The maximum Gasteiger partial charge on any atom is 0.169 e. The predicted octanol–water partition coefficient (Wildman–Crippen LogP) is 1.08. The van der Waals surface area contributed by atoms with Crippen molar-refractivity contribution in [3.63, 3.8) is 0 Å². The molecule has 1 aliphatic rings. The maximum atomic E-state index is 13.5. The van der Waals surface area contributed by atoms with Crippen molar-refractivity contribution in [2.24, 2.45) is 0 Å². The van der Waals surface area contributed by atoms with Crippen molar-refractivity contribution in [3.05, 3.63) is 24.0 Å². The van der Waals surface area contributed by atoms with Gasteiger partial charge in [0.2, 0.25) is 0 Å². The third kappa shape index (κ3) is 2.01. The third-order valence-corrected chi connectivity index (χ3v) is 2.27. The Hall–Kier alpha value is -1.16. The van der Waals surface area contributed by atoms with Gasteiger partial charge >= 0.3 is 0 Å². The van der Waals surface area contributed by atoms with Gasteiger partial charge in [0, 0.05) is 18.8 Å². The summed E-state index contributed by atoms with van der Waals surface area (Å²) in [6.45, 7) is 2.76. The fourth-order valence-electron chi connectivity index (χ4n) is 1.25. The van der Waals surface area contributed by atoms with Gasteiger partial charge in [-0.05, 0) is 19.1 Å². The molecule has 1 N–H and O–H groups in total. The summed E-state index contributed by atoms with van der Waals surface area (Å²) in [6.07, 6.45) is 1.62. The molecule has 0 aromatic carbocycles. The van der Waals surface area contributed by atoms with Gasteiger partial charge in [0.15, 0.2) is 5.67 Å². The Morgan fingerprint density at radius 3 is 2.86 bits per heavy atom. The molecule has 2 rings (SSSR count). The van der Waals surface area contributed by atoms with Crippen LogP contribution in [0.4, 0.5) is 4.39 Å². The molecule has 0 unspecified atom stereocenters. The molecule has 0 spiro atoms. The highest BCUT2D eigenvalue weighted by atomic mass is 19.1. The van der Waals surface area contributed by atoms with Gasteiger partial charge in [0.25, 0.3) is 0 Å². The Kier molecular flexibility index (Phi) is 2.37. The van der Waals surface area contributed by atoms with Crippen LogP contribution in [0, 0.1) is 6.92 Å². The quantitative estimate of drug-likeness (QED) is 0.785. The van der Waals surface area contributed by atoms with Crippen LogP contribution in [-0.2, 0) is 0 Å². The van der Waals surface area contributed by atoms with Gasteiger partial charge in [-0.1, -0.05) is 0 Å². The minimum absolute atomic E-state index is 0.102. The number of ether oxygens (including phenoxy) is 1. The second-order valence-corrected chi connectivity index (χ2v) is 3.68. The van der Waals surface area contributed by atoms with Crippen LogP contribution in [0.15, 0.2) is 18.3 Å². The molecule has 3 nitrogen and oxygen atoms in total. The van der Waals surface area contributed by atoms with E-state index in [0.717, 1.165) is 5.69 Å². The molecule has 0 aliphatic carbocycles. The van der Waals surface area contributed by atoms with Crippen molar-refractivity contribution >= 4 is 0 Å². The van der Waals surface area contributed by atoms with Crippen LogP contribution in [0.25, 0.3) is 0 Å². The predicted molar refractivity (Wildman–Crippen MR) is 51.2 cm³/mol. The van der Waals surface area contributed by atoms with E-state index in [9.17, 15) is 4.39 Å². The van der Waals surface area contributed by atoms with Gasteiger partial charge in [0.1, 0.15) is 12.4 Å². The van der Waals surface area contributed by atoms with E-state index in [1.54, 1.807) is 12.3 Å². The smallest absolute Gasteiger partial charge is 0.169 e. The molecule has 76 valence electrons. The Bertz CT molecular complexity index is 308. The highest BCUT2D eigenvalue weighted by Gasteiger charge is 2.37. The number of aromatic nitrogens is 1. The molecule has 0 amide bonds. The summed E-state index contributed by atoms with van der Waals surface area (Å²) in [5.41, 5.74) is -0.261. The van der Waals surface area contributed by atoms with Gasteiger partial charge in [0.05, 0.1) is 6.20 Å². The van der Waals surface area contributed by atoms with E-state index >= 15 is 0 Å². The molecule has 1 aromatic rings. The van der Waals surface area contributed by atoms with Gasteiger partial charge in [-0.25, -0.2) is 4.39 Å². The summed E-state index contributed by atoms with van der Waals surface area (Å²) in [6, 6.07) is 3.65. The first-order chi connectivity index (χ1) is 6.68. The SMILES string of the molecule is Cc1ccc(OCC2(F)CNC2)cn1. The second kappa shape index (κ2) is 3.53. The Labute approximate surface area is 82.3 Å². The van der Waals surface area contributed by atoms with Crippen LogP contribution in [0.5, 0.6) is 5.75 Å². The second-order valence-electron chi connectivity index (χ2n) is 3.68. The summed E-state index contributed by atoms with van der Waals surface area (Å²) >= 11 is 0. The molecule has 1 fully saturated rings. The van der Waals surface area contributed by atoms with Crippen LogP contribution < -0.4 is 10.1 Å². The van der Waals surface area contributed by atoms with Crippen molar-refractivity contribution in [2.75, 3.05) is 19.7 Å². The van der Waals surface area contributed by atoms with Gasteiger partial charge < -0.3 is 10.1 Å². The summed E-state index contributed by atoms with van der Waals surface area (Å²) in [4.78, 5) is 4.06. The molecular weight excluding hydrogens is 183 g/mol. The Morgan fingerprint density at radius 1 is 1.57 bits per heavy atom. The van der Waals surface area contributed by atoms with E-state index in [4.69, 9.17) is 4.74 Å². The lowest BCUT2D eigenvalue weighted by molar-refractivity contribution is 0.0345. The molecule has 0 atom stereocenters. The summed E-state index contributed by atoms with van der Waals surface area (Å²) in [5, 5.41) is 2.88. The molecule has 1 saturated heterocycles. The van der Waals surface area contributed by atoms with E-state index in [0.29, 0.717) is 18.8 Å². The van der Waals surface area contributed by atoms with E-state index in [1.807, 2.05) is 13.0 Å². The van der Waals surface area contributed by atoms with Crippen molar-refractivity contribution in [3.8, 4) is 5.75 Å². The number of hydrogen-bond acceptors (Lipinski definition) is 3. The largest absolute Gasteiger partial charge is 0.489 e. The maximum absolute atomic E-state index is 13.5. The number of nitrogens with zero attached hydrogens (tertiary/aromatic N) is 1. The molecule has 2 heterocycles. The molecule has 0 saturated carbocycles. The van der Waals surface area contributed by atoms with Crippen LogP contribution in [0.2, 0.25) is 0 Å². The standard InChI is InChI=1S/C10H13FN2O/c1-8-2-3-9(4-13-8)14-7-10(11)5-12-6-10/h2-4,12H,5-7H2,1H3. The number of hydrogen-bond donors (Lipinski definition) is 1. The first kappa shape index (κ1) is 9.40. The van der Waals surface area contributed by atoms with Gasteiger partial charge in [-0.15, -0.1) is 0 Å². The lowest BCUT2D eigenvalue weighted by Gasteiger charge is -2.34. The zero-order valence-corrected chi connectivity index (χ0v) is 8.09. The summed E-state index contributed by atoms with van der Waals surface area (Å²) in [5.74, 6) is 0.625. The normalized spacial score (nSPS) is 18.7. The molecule has 0 bridgehead atoms. The van der Waals surface area contributed by atoms with Crippen molar-refractivity contribution in [1.82, 2.24) is 10.3 Å². The van der Waals surface area contributed by atoms with Crippen molar-refractivity contribution in [1.29, 1.82) is 0 Å². The third-order valence-electron chi connectivity index (χ3n) is 2.27. The average Bonchev–Trinajstić information content (AvgIpc) is 2.14. The number of aryl methyl sites for hydroxylation is 1. The topological polar surface area (TPSA) is 34.1 Å². The number of pyridine rings is 1. The highest BCUT2D eigenvalue weighted by Crippen LogP contribution is 2.18. The van der Waals surface area contributed by atoms with Crippen molar-refractivity contribution in [2.45, 2.75) is 12.6 Å². The van der Waals surface area contributed by atoms with Gasteiger partial charge in [-0.3, -0.25) is 4.98 Å².